The van der Waals surface area contributed by atoms with Crippen LogP contribution in [0.1, 0.15) is 83.1 Å². The molecule has 0 aromatic heterocycles. The van der Waals surface area contributed by atoms with Crippen LogP contribution in [0.3, 0.4) is 0 Å². The molecule has 0 aliphatic heterocycles. The minimum atomic E-state index is 0.790. The van der Waals surface area contributed by atoms with Gasteiger partial charge in [-0.15, -0.1) is 0 Å². The van der Waals surface area contributed by atoms with Crippen LogP contribution in [0.4, 0.5) is 0 Å². The number of hydrogen-bond acceptors (Lipinski definition) is 0. The van der Waals surface area contributed by atoms with E-state index in [0.29, 0.717) is 0 Å². The zero-order valence-electron chi connectivity index (χ0n) is 16.1. The van der Waals surface area contributed by atoms with Crippen molar-refractivity contribution in [1.82, 2.24) is 0 Å². The number of allylic oxidation sites excluding steroid dienone is 4. The fourth-order valence-corrected chi connectivity index (χ4v) is 4.77. The van der Waals surface area contributed by atoms with E-state index in [1.165, 1.54) is 81.8 Å². The molecule has 1 saturated carbocycles. The summed E-state index contributed by atoms with van der Waals surface area (Å²) in [6.45, 7) is 2.30. The maximum Gasteiger partial charge on any atom is -0.0167 e. The predicted molar refractivity (Wildman–Crippen MR) is 110 cm³/mol. The van der Waals surface area contributed by atoms with Gasteiger partial charge >= 0.3 is 0 Å². The van der Waals surface area contributed by atoms with E-state index in [9.17, 15) is 0 Å². The van der Waals surface area contributed by atoms with Crippen LogP contribution < -0.4 is 0 Å². The smallest absolute Gasteiger partial charge is 0.0167 e. The fourth-order valence-electron chi connectivity index (χ4n) is 4.77. The average Bonchev–Trinajstić information content (AvgIpc) is 2.69. The van der Waals surface area contributed by atoms with Crippen LogP contribution in [0, 0.1) is 17.8 Å². The minimum Gasteiger partial charge on any atom is -0.0802 e. The summed E-state index contributed by atoms with van der Waals surface area (Å²) < 4.78 is 0. The summed E-state index contributed by atoms with van der Waals surface area (Å²) in [6, 6.07) is 10.8. The Morgan fingerprint density at radius 1 is 0.880 bits per heavy atom. The summed E-state index contributed by atoms with van der Waals surface area (Å²) in [7, 11) is 0. The molecule has 0 radical (unpaired) electrons. The molecule has 0 spiro atoms. The van der Waals surface area contributed by atoms with Gasteiger partial charge in [-0.05, 0) is 48.2 Å². The zero-order valence-corrected chi connectivity index (χ0v) is 16.1. The van der Waals surface area contributed by atoms with E-state index >= 15 is 0 Å². The monoisotopic (exact) mass is 336 g/mol. The molecule has 1 unspecified atom stereocenters. The quantitative estimate of drug-likeness (QED) is 0.424. The summed E-state index contributed by atoms with van der Waals surface area (Å²) in [5.41, 5.74) is 2.78. The SMILES string of the molecule is CCCCCCC[C@H]1CC[C@H](C2C=CC(c3ccccc3)=CC2)CC1. The van der Waals surface area contributed by atoms with Crippen molar-refractivity contribution in [3.63, 3.8) is 0 Å². The van der Waals surface area contributed by atoms with Crippen LogP contribution in [-0.2, 0) is 0 Å². The minimum absolute atomic E-state index is 0.790. The lowest BCUT2D eigenvalue weighted by atomic mass is 9.72. The van der Waals surface area contributed by atoms with Gasteiger partial charge in [0.05, 0.1) is 0 Å². The summed E-state index contributed by atoms with van der Waals surface area (Å²) in [5.74, 6) is 2.75. The van der Waals surface area contributed by atoms with Crippen molar-refractivity contribution in [2.75, 3.05) is 0 Å². The number of benzene rings is 1. The van der Waals surface area contributed by atoms with Crippen LogP contribution in [0.2, 0.25) is 0 Å². The van der Waals surface area contributed by atoms with Gasteiger partial charge in [-0.2, -0.15) is 0 Å². The first-order valence-corrected chi connectivity index (χ1v) is 10.8. The van der Waals surface area contributed by atoms with Gasteiger partial charge in [-0.1, -0.05) is 107 Å². The molecular formula is C25H36. The Hall–Kier alpha value is -1.30. The third-order valence-electron chi connectivity index (χ3n) is 6.45. The molecule has 0 N–H and O–H groups in total. The first-order valence-electron chi connectivity index (χ1n) is 10.8. The third-order valence-corrected chi connectivity index (χ3v) is 6.45. The van der Waals surface area contributed by atoms with Crippen LogP contribution in [0.5, 0.6) is 0 Å². The maximum absolute atomic E-state index is 2.51. The highest BCUT2D eigenvalue weighted by Crippen LogP contribution is 2.39. The third kappa shape index (κ3) is 5.59. The van der Waals surface area contributed by atoms with Gasteiger partial charge in [-0.3, -0.25) is 0 Å². The van der Waals surface area contributed by atoms with Gasteiger partial charge in [-0.25, -0.2) is 0 Å². The van der Waals surface area contributed by atoms with Gasteiger partial charge in [0.2, 0.25) is 0 Å². The molecule has 1 atom stereocenters. The van der Waals surface area contributed by atoms with Crippen LogP contribution in [0.15, 0.2) is 48.6 Å². The first-order chi connectivity index (χ1) is 12.4. The Bertz CT molecular complexity index is 543. The lowest BCUT2D eigenvalue weighted by Crippen LogP contribution is -2.21. The summed E-state index contributed by atoms with van der Waals surface area (Å²) in [5, 5.41) is 0. The molecule has 2 aliphatic carbocycles. The molecule has 3 rings (SSSR count). The van der Waals surface area contributed by atoms with E-state index in [1.807, 2.05) is 0 Å². The zero-order chi connectivity index (χ0) is 17.3. The molecule has 1 fully saturated rings. The number of unbranched alkanes of at least 4 members (excludes halogenated alkanes) is 4. The Kier molecular flexibility index (Phi) is 7.39. The maximum atomic E-state index is 2.51. The molecule has 1 aromatic rings. The highest BCUT2D eigenvalue weighted by Gasteiger charge is 2.26. The molecule has 1 aromatic carbocycles. The number of rotatable bonds is 8. The summed E-state index contributed by atoms with van der Waals surface area (Å²) in [6.07, 6.45) is 23.2. The molecule has 0 heteroatoms. The summed E-state index contributed by atoms with van der Waals surface area (Å²) >= 11 is 0. The van der Waals surface area contributed by atoms with Crippen molar-refractivity contribution >= 4 is 5.57 Å². The molecule has 0 nitrogen and oxygen atoms in total. The van der Waals surface area contributed by atoms with Crippen molar-refractivity contribution < 1.29 is 0 Å². The summed E-state index contributed by atoms with van der Waals surface area (Å²) in [4.78, 5) is 0. The van der Waals surface area contributed by atoms with Gasteiger partial charge in [0.1, 0.15) is 0 Å². The van der Waals surface area contributed by atoms with Gasteiger partial charge in [0, 0.05) is 0 Å². The largest absolute Gasteiger partial charge is 0.0802 e. The Morgan fingerprint density at radius 3 is 2.32 bits per heavy atom. The topological polar surface area (TPSA) is 0 Å². The molecule has 136 valence electrons. The molecule has 2 aliphatic rings. The number of hydrogen-bond donors (Lipinski definition) is 0. The van der Waals surface area contributed by atoms with Crippen LogP contribution in [-0.4, -0.2) is 0 Å². The highest BCUT2D eigenvalue weighted by atomic mass is 14.3. The molecule has 0 heterocycles. The Balaban J connectivity index is 1.38. The standard InChI is InChI=1S/C25H36/c1-2-3-4-5-7-10-21-13-15-23(16-14-21)25-19-17-24(18-20-25)22-11-8-6-9-12-22/h6,8-9,11-12,17-19,21,23,25H,2-5,7,10,13-16,20H2,1H3/t21-,23-,25?. The second-order valence-corrected chi connectivity index (χ2v) is 8.27. The van der Waals surface area contributed by atoms with E-state index in [0.717, 1.165) is 17.8 Å². The molecular weight excluding hydrogens is 300 g/mol. The molecule has 25 heavy (non-hydrogen) atoms. The van der Waals surface area contributed by atoms with Crippen molar-refractivity contribution in [3.05, 3.63) is 54.1 Å². The average molecular weight is 337 g/mol. The van der Waals surface area contributed by atoms with Crippen molar-refractivity contribution in [3.8, 4) is 0 Å². The van der Waals surface area contributed by atoms with E-state index in [2.05, 4.69) is 55.5 Å². The van der Waals surface area contributed by atoms with Crippen molar-refractivity contribution in [2.24, 2.45) is 17.8 Å². The normalized spacial score (nSPS) is 26.4. The molecule has 0 saturated heterocycles. The van der Waals surface area contributed by atoms with E-state index in [1.54, 1.807) is 0 Å². The van der Waals surface area contributed by atoms with E-state index in [-0.39, 0.29) is 0 Å². The van der Waals surface area contributed by atoms with Gasteiger partial charge < -0.3 is 0 Å². The predicted octanol–water partition coefficient (Wildman–Crippen LogP) is 7.81. The second-order valence-electron chi connectivity index (χ2n) is 8.27. The van der Waals surface area contributed by atoms with Gasteiger partial charge in [0.15, 0.2) is 0 Å². The lowest BCUT2D eigenvalue weighted by molar-refractivity contribution is 0.218. The Labute approximate surface area is 155 Å². The van der Waals surface area contributed by atoms with E-state index in [4.69, 9.17) is 0 Å². The van der Waals surface area contributed by atoms with Crippen LogP contribution >= 0.6 is 0 Å². The van der Waals surface area contributed by atoms with Gasteiger partial charge in [0.25, 0.3) is 0 Å². The first kappa shape index (κ1) is 18.5. The fraction of sp³-hybridized carbons (Fsp3) is 0.600. The van der Waals surface area contributed by atoms with Crippen LogP contribution in [0.25, 0.3) is 5.57 Å². The Morgan fingerprint density at radius 2 is 1.64 bits per heavy atom. The molecule has 0 amide bonds. The van der Waals surface area contributed by atoms with Crippen molar-refractivity contribution in [1.29, 1.82) is 0 Å². The van der Waals surface area contributed by atoms with E-state index < -0.39 is 0 Å². The lowest BCUT2D eigenvalue weighted by Gasteiger charge is -2.33. The molecule has 0 bridgehead atoms. The van der Waals surface area contributed by atoms with Crippen molar-refractivity contribution in [2.45, 2.75) is 77.6 Å². The second kappa shape index (κ2) is 10.00. The highest BCUT2D eigenvalue weighted by molar-refractivity contribution is 5.74.